The van der Waals surface area contributed by atoms with Gasteiger partial charge in [0.25, 0.3) is 0 Å². The third-order valence-corrected chi connectivity index (χ3v) is 3.10. The van der Waals surface area contributed by atoms with Crippen molar-refractivity contribution in [2.75, 3.05) is 19.3 Å². The predicted molar refractivity (Wildman–Crippen MR) is 59.4 cm³/mol. The van der Waals surface area contributed by atoms with Crippen molar-refractivity contribution in [2.24, 2.45) is 0 Å². The molecular weight excluding hydrogens is 200 g/mol. The monoisotopic (exact) mass is 218 g/mol. The van der Waals surface area contributed by atoms with Crippen molar-refractivity contribution in [1.29, 1.82) is 0 Å². The van der Waals surface area contributed by atoms with Gasteiger partial charge >= 0.3 is 0 Å². The number of hydrogen-bond acceptors (Lipinski definition) is 3. The Hall–Kier alpha value is -0.810. The van der Waals surface area contributed by atoms with E-state index < -0.39 is 10.0 Å². The average molecular weight is 218 g/mol. The summed E-state index contributed by atoms with van der Waals surface area (Å²) in [5.41, 5.74) is 0.992. The van der Waals surface area contributed by atoms with E-state index >= 15 is 0 Å². The van der Waals surface area contributed by atoms with E-state index in [4.69, 9.17) is 0 Å². The van der Waals surface area contributed by atoms with Crippen LogP contribution < -0.4 is 10.0 Å². The van der Waals surface area contributed by atoms with Crippen LogP contribution in [0.25, 0.3) is 0 Å². The smallest absolute Gasteiger partial charge is 0.213 e. The molecule has 5 heteroatoms. The first kappa shape index (κ1) is 13.2. The van der Waals surface area contributed by atoms with Gasteiger partial charge in [0.05, 0.1) is 5.75 Å². The Balaban J connectivity index is 3.95. The minimum atomic E-state index is -3.10. The summed E-state index contributed by atoms with van der Waals surface area (Å²) in [6.07, 6.45) is 4.36. The minimum absolute atomic E-state index is 0.0813. The second kappa shape index (κ2) is 6.62. The van der Waals surface area contributed by atoms with Crippen LogP contribution in [0.4, 0.5) is 0 Å². The van der Waals surface area contributed by atoms with E-state index in [1.54, 1.807) is 6.08 Å². The Labute approximate surface area is 86.1 Å². The summed E-state index contributed by atoms with van der Waals surface area (Å²) in [7, 11) is -1.69. The minimum Gasteiger partial charge on any atom is -0.387 e. The lowest BCUT2D eigenvalue weighted by Gasteiger charge is -2.08. The molecule has 0 heterocycles. The van der Waals surface area contributed by atoms with Crippen LogP contribution in [-0.4, -0.2) is 27.8 Å². The maximum absolute atomic E-state index is 11.0. The molecule has 0 rings (SSSR count). The van der Waals surface area contributed by atoms with Crippen LogP contribution in [0.15, 0.2) is 24.4 Å². The van der Waals surface area contributed by atoms with Gasteiger partial charge in [-0.15, -0.1) is 0 Å². The molecule has 0 aromatic carbocycles. The highest BCUT2D eigenvalue weighted by atomic mass is 32.2. The van der Waals surface area contributed by atoms with Crippen LogP contribution in [0, 0.1) is 0 Å². The van der Waals surface area contributed by atoms with Crippen LogP contribution >= 0.6 is 0 Å². The van der Waals surface area contributed by atoms with Crippen LogP contribution in [0.1, 0.15) is 13.3 Å². The molecule has 82 valence electrons. The average Bonchev–Trinajstić information content (AvgIpc) is 2.16. The molecule has 0 aliphatic heterocycles. The van der Waals surface area contributed by atoms with E-state index in [-0.39, 0.29) is 5.75 Å². The number of hydrogen-bond donors (Lipinski definition) is 2. The molecule has 0 saturated heterocycles. The number of sulfonamides is 1. The van der Waals surface area contributed by atoms with Crippen LogP contribution in [0.2, 0.25) is 0 Å². The summed E-state index contributed by atoms with van der Waals surface area (Å²) in [6.45, 7) is 5.98. The molecule has 0 bridgehead atoms. The lowest BCUT2D eigenvalue weighted by atomic mass is 10.3. The van der Waals surface area contributed by atoms with Crippen LogP contribution in [0.5, 0.6) is 0 Å². The van der Waals surface area contributed by atoms with Gasteiger partial charge in [0.1, 0.15) is 0 Å². The molecule has 0 aromatic rings. The second-order valence-corrected chi connectivity index (χ2v) is 4.78. The maximum atomic E-state index is 11.0. The van der Waals surface area contributed by atoms with Gasteiger partial charge in [0.15, 0.2) is 0 Å². The zero-order valence-corrected chi connectivity index (χ0v) is 9.52. The molecule has 0 radical (unpaired) electrons. The molecular formula is C9H18N2O2S. The van der Waals surface area contributed by atoms with E-state index in [0.717, 1.165) is 12.1 Å². The quantitative estimate of drug-likeness (QED) is 0.615. The molecule has 0 aliphatic carbocycles. The second-order valence-electron chi connectivity index (χ2n) is 2.73. The zero-order valence-electron chi connectivity index (χ0n) is 8.71. The van der Waals surface area contributed by atoms with E-state index in [1.807, 2.05) is 13.0 Å². The fourth-order valence-corrected chi connectivity index (χ4v) is 1.47. The summed E-state index contributed by atoms with van der Waals surface area (Å²) in [6, 6.07) is 0. The van der Waals surface area contributed by atoms with Gasteiger partial charge in [-0.1, -0.05) is 19.6 Å². The number of nitrogens with one attached hydrogen (secondary N) is 2. The van der Waals surface area contributed by atoms with E-state index in [9.17, 15) is 8.42 Å². The Morgan fingerprint density at radius 1 is 1.50 bits per heavy atom. The number of rotatable bonds is 7. The molecule has 0 unspecified atom stereocenters. The topological polar surface area (TPSA) is 58.2 Å². The largest absolute Gasteiger partial charge is 0.387 e. The van der Waals surface area contributed by atoms with E-state index in [0.29, 0.717) is 6.54 Å². The normalized spacial score (nSPS) is 12.6. The Kier molecular flexibility index (Phi) is 6.23. The van der Waals surface area contributed by atoms with Crippen molar-refractivity contribution in [3.05, 3.63) is 24.4 Å². The highest BCUT2D eigenvalue weighted by Crippen LogP contribution is 1.95. The summed E-state index contributed by atoms with van der Waals surface area (Å²) >= 11 is 0. The molecule has 0 fully saturated rings. The molecule has 0 amide bonds. The van der Waals surface area contributed by atoms with E-state index in [1.165, 1.54) is 7.05 Å². The molecule has 0 spiro atoms. The van der Waals surface area contributed by atoms with Gasteiger partial charge in [0.2, 0.25) is 10.0 Å². The SMILES string of the molecule is C=C/C=C(\CC)NCCS(=O)(=O)NC. The maximum Gasteiger partial charge on any atom is 0.213 e. The summed E-state index contributed by atoms with van der Waals surface area (Å²) in [4.78, 5) is 0. The Bertz CT molecular complexity index is 294. The van der Waals surface area contributed by atoms with Crippen molar-refractivity contribution in [3.8, 4) is 0 Å². The molecule has 0 saturated carbocycles. The van der Waals surface area contributed by atoms with Gasteiger partial charge in [-0.25, -0.2) is 13.1 Å². The van der Waals surface area contributed by atoms with Crippen molar-refractivity contribution >= 4 is 10.0 Å². The highest BCUT2D eigenvalue weighted by Gasteiger charge is 2.05. The van der Waals surface area contributed by atoms with Gasteiger partial charge in [-0.05, 0) is 19.5 Å². The molecule has 0 atom stereocenters. The molecule has 4 nitrogen and oxygen atoms in total. The fraction of sp³-hybridized carbons (Fsp3) is 0.556. The first-order valence-electron chi connectivity index (χ1n) is 4.52. The van der Waals surface area contributed by atoms with Crippen molar-refractivity contribution in [1.82, 2.24) is 10.0 Å². The van der Waals surface area contributed by atoms with Crippen molar-refractivity contribution in [2.45, 2.75) is 13.3 Å². The third kappa shape index (κ3) is 5.77. The third-order valence-electron chi connectivity index (χ3n) is 1.73. The predicted octanol–water partition coefficient (Wildman–Crippen LogP) is 0.605. The highest BCUT2D eigenvalue weighted by molar-refractivity contribution is 7.89. The Morgan fingerprint density at radius 2 is 2.14 bits per heavy atom. The summed E-state index contributed by atoms with van der Waals surface area (Å²) in [5, 5.41) is 3.03. The molecule has 2 N–H and O–H groups in total. The van der Waals surface area contributed by atoms with Gasteiger partial charge in [-0.3, -0.25) is 0 Å². The van der Waals surface area contributed by atoms with E-state index in [2.05, 4.69) is 16.6 Å². The molecule has 0 aromatic heterocycles. The van der Waals surface area contributed by atoms with Crippen molar-refractivity contribution < 1.29 is 8.42 Å². The van der Waals surface area contributed by atoms with Gasteiger partial charge in [0, 0.05) is 12.2 Å². The first-order valence-corrected chi connectivity index (χ1v) is 6.17. The van der Waals surface area contributed by atoms with Gasteiger partial charge < -0.3 is 5.32 Å². The zero-order chi connectivity index (χ0) is 11.0. The fourth-order valence-electron chi connectivity index (χ4n) is 0.892. The standard InChI is InChI=1S/C9H18N2O2S/c1-4-6-9(5-2)11-7-8-14(12,13)10-3/h4,6,10-11H,1,5,7-8H2,2-3H3/b9-6+. The lowest BCUT2D eigenvalue weighted by molar-refractivity contribution is 0.585. The molecule has 14 heavy (non-hydrogen) atoms. The lowest BCUT2D eigenvalue weighted by Crippen LogP contribution is -2.29. The van der Waals surface area contributed by atoms with Gasteiger partial charge in [-0.2, -0.15) is 0 Å². The van der Waals surface area contributed by atoms with Crippen molar-refractivity contribution in [3.63, 3.8) is 0 Å². The first-order chi connectivity index (χ1) is 6.55. The Morgan fingerprint density at radius 3 is 2.57 bits per heavy atom. The summed E-state index contributed by atoms with van der Waals surface area (Å²) < 4.78 is 24.3. The van der Waals surface area contributed by atoms with Crippen LogP contribution in [-0.2, 0) is 10.0 Å². The molecule has 0 aliphatic rings. The summed E-state index contributed by atoms with van der Waals surface area (Å²) in [5.74, 6) is 0.0813. The van der Waals surface area contributed by atoms with Crippen LogP contribution in [0.3, 0.4) is 0 Å². The number of allylic oxidation sites excluding steroid dienone is 3.